The van der Waals surface area contributed by atoms with Crippen LogP contribution in [-0.2, 0) is 11.3 Å². The molecule has 1 aliphatic rings. The van der Waals surface area contributed by atoms with Crippen LogP contribution in [0.2, 0.25) is 0 Å². The molecular formula is C13H17N3O3. The number of hydrogen-bond acceptors (Lipinski definition) is 4. The lowest BCUT2D eigenvalue weighted by atomic mass is 9.97. The van der Waals surface area contributed by atoms with Crippen LogP contribution in [0.4, 0.5) is 5.69 Å². The number of carbonyl (C=O) groups excluding carboxylic acids is 1. The minimum atomic E-state index is -0.436. The van der Waals surface area contributed by atoms with Crippen molar-refractivity contribution in [3.05, 3.63) is 39.9 Å². The van der Waals surface area contributed by atoms with Gasteiger partial charge >= 0.3 is 0 Å². The topological polar surface area (TPSA) is 84.3 Å². The Morgan fingerprint density at radius 1 is 1.53 bits per heavy atom. The van der Waals surface area contributed by atoms with Gasteiger partial charge in [0.1, 0.15) is 0 Å². The van der Waals surface area contributed by atoms with Crippen LogP contribution in [-0.4, -0.2) is 23.9 Å². The van der Waals surface area contributed by atoms with Crippen molar-refractivity contribution in [1.29, 1.82) is 0 Å². The van der Waals surface area contributed by atoms with Crippen molar-refractivity contribution in [3.8, 4) is 0 Å². The van der Waals surface area contributed by atoms with Gasteiger partial charge in [-0.15, -0.1) is 0 Å². The summed E-state index contributed by atoms with van der Waals surface area (Å²) in [6, 6.07) is 6.31. The molecule has 1 fully saturated rings. The number of nitrogens with one attached hydrogen (secondary N) is 2. The first-order valence-electron chi connectivity index (χ1n) is 6.29. The van der Waals surface area contributed by atoms with E-state index in [0.717, 1.165) is 12.1 Å². The quantitative estimate of drug-likeness (QED) is 0.628. The summed E-state index contributed by atoms with van der Waals surface area (Å²) in [7, 11) is 0. The summed E-state index contributed by atoms with van der Waals surface area (Å²) in [5, 5.41) is 16.7. The molecule has 1 amide bonds. The summed E-state index contributed by atoms with van der Waals surface area (Å²) in [6.45, 7) is 3.91. The minimum absolute atomic E-state index is 0.00371. The van der Waals surface area contributed by atoms with Crippen molar-refractivity contribution in [2.75, 3.05) is 13.1 Å². The first kappa shape index (κ1) is 13.5. The molecule has 1 aliphatic heterocycles. The van der Waals surface area contributed by atoms with E-state index in [2.05, 4.69) is 10.6 Å². The highest BCUT2D eigenvalue weighted by molar-refractivity contribution is 5.79. The maximum absolute atomic E-state index is 12.0. The fourth-order valence-electron chi connectivity index (χ4n) is 2.26. The van der Waals surface area contributed by atoms with Crippen LogP contribution < -0.4 is 10.6 Å². The fourth-order valence-corrected chi connectivity index (χ4v) is 2.26. The number of benzene rings is 1. The number of nitro groups is 1. The van der Waals surface area contributed by atoms with E-state index in [4.69, 9.17) is 0 Å². The van der Waals surface area contributed by atoms with Gasteiger partial charge in [-0.05, 0) is 18.0 Å². The first-order valence-corrected chi connectivity index (χ1v) is 6.29. The Morgan fingerprint density at radius 2 is 2.32 bits per heavy atom. The van der Waals surface area contributed by atoms with E-state index in [1.165, 1.54) is 12.1 Å². The fraction of sp³-hybridized carbons (Fsp3) is 0.462. The molecule has 1 aromatic carbocycles. The highest BCUT2D eigenvalue weighted by atomic mass is 16.6. The van der Waals surface area contributed by atoms with E-state index < -0.39 is 4.92 Å². The van der Waals surface area contributed by atoms with Gasteiger partial charge in [-0.1, -0.05) is 19.1 Å². The molecule has 6 nitrogen and oxygen atoms in total. The van der Waals surface area contributed by atoms with Crippen LogP contribution in [0.15, 0.2) is 24.3 Å². The van der Waals surface area contributed by atoms with E-state index in [-0.39, 0.29) is 17.5 Å². The molecule has 0 saturated carbocycles. The average Bonchev–Trinajstić information content (AvgIpc) is 2.82. The molecule has 0 aromatic heterocycles. The lowest BCUT2D eigenvalue weighted by Crippen LogP contribution is -2.33. The predicted octanol–water partition coefficient (Wildman–Crippen LogP) is 1.07. The van der Waals surface area contributed by atoms with Crippen LogP contribution >= 0.6 is 0 Å². The Balaban J connectivity index is 1.93. The number of carbonyl (C=O) groups is 1. The Hall–Kier alpha value is -1.95. The molecule has 0 bridgehead atoms. The van der Waals surface area contributed by atoms with E-state index in [9.17, 15) is 14.9 Å². The summed E-state index contributed by atoms with van der Waals surface area (Å²) in [5.41, 5.74) is 0.781. The smallest absolute Gasteiger partial charge is 0.269 e. The number of hydrogen-bond donors (Lipinski definition) is 2. The molecule has 6 heteroatoms. The monoisotopic (exact) mass is 263 g/mol. The largest absolute Gasteiger partial charge is 0.352 e. The average molecular weight is 263 g/mol. The van der Waals surface area contributed by atoms with Crippen LogP contribution in [0.25, 0.3) is 0 Å². The van der Waals surface area contributed by atoms with Crippen molar-refractivity contribution in [3.63, 3.8) is 0 Å². The summed E-state index contributed by atoms with van der Waals surface area (Å²) in [6.07, 6.45) is 0. The molecule has 2 unspecified atom stereocenters. The summed E-state index contributed by atoms with van der Waals surface area (Å²) < 4.78 is 0. The lowest BCUT2D eigenvalue weighted by Gasteiger charge is -2.14. The zero-order chi connectivity index (χ0) is 13.8. The van der Waals surface area contributed by atoms with Gasteiger partial charge in [0.2, 0.25) is 5.91 Å². The second-order valence-electron chi connectivity index (χ2n) is 4.89. The van der Waals surface area contributed by atoms with Crippen LogP contribution in [0, 0.1) is 22.0 Å². The molecule has 1 aromatic rings. The second-order valence-corrected chi connectivity index (χ2v) is 4.89. The molecule has 2 rings (SSSR count). The molecule has 0 spiro atoms. The molecule has 19 heavy (non-hydrogen) atoms. The number of amides is 1. The molecule has 1 saturated heterocycles. The van der Waals surface area contributed by atoms with Gasteiger partial charge < -0.3 is 10.6 Å². The van der Waals surface area contributed by atoms with Crippen molar-refractivity contribution in [2.24, 2.45) is 11.8 Å². The van der Waals surface area contributed by atoms with Gasteiger partial charge in [0.05, 0.1) is 10.8 Å². The van der Waals surface area contributed by atoms with Crippen LogP contribution in [0.5, 0.6) is 0 Å². The standard InChI is InChI=1S/C13H17N3O3/c1-9-6-14-8-12(9)13(17)15-7-10-3-2-4-11(5-10)16(18)19/h2-5,9,12,14H,6-8H2,1H3,(H,15,17). The zero-order valence-electron chi connectivity index (χ0n) is 10.8. The summed E-state index contributed by atoms with van der Waals surface area (Å²) in [4.78, 5) is 22.2. The van der Waals surface area contributed by atoms with Gasteiger partial charge in [-0.25, -0.2) is 0 Å². The van der Waals surface area contributed by atoms with Crippen molar-refractivity contribution >= 4 is 11.6 Å². The Morgan fingerprint density at radius 3 is 2.95 bits per heavy atom. The maximum Gasteiger partial charge on any atom is 0.269 e. The van der Waals surface area contributed by atoms with Crippen molar-refractivity contribution in [2.45, 2.75) is 13.5 Å². The van der Waals surface area contributed by atoms with E-state index in [0.29, 0.717) is 19.0 Å². The SMILES string of the molecule is CC1CNCC1C(=O)NCc1cccc([N+](=O)[O-])c1. The third-order valence-corrected chi connectivity index (χ3v) is 3.44. The van der Waals surface area contributed by atoms with Gasteiger partial charge in [0.25, 0.3) is 5.69 Å². The minimum Gasteiger partial charge on any atom is -0.352 e. The first-order chi connectivity index (χ1) is 9.08. The number of non-ortho nitro benzene ring substituents is 1. The third-order valence-electron chi connectivity index (χ3n) is 3.44. The molecule has 1 heterocycles. The van der Waals surface area contributed by atoms with Gasteiger partial charge in [0, 0.05) is 25.2 Å². The molecule has 102 valence electrons. The van der Waals surface area contributed by atoms with Gasteiger partial charge in [-0.2, -0.15) is 0 Å². The Bertz CT molecular complexity index is 490. The normalized spacial score (nSPS) is 22.2. The summed E-state index contributed by atoms with van der Waals surface area (Å²) in [5.74, 6) is 0.313. The molecule has 0 aliphatic carbocycles. The zero-order valence-corrected chi connectivity index (χ0v) is 10.8. The highest BCUT2D eigenvalue weighted by Gasteiger charge is 2.29. The van der Waals surface area contributed by atoms with E-state index in [1.807, 2.05) is 6.92 Å². The highest BCUT2D eigenvalue weighted by Crippen LogP contribution is 2.16. The molecular weight excluding hydrogens is 246 g/mol. The lowest BCUT2D eigenvalue weighted by molar-refractivity contribution is -0.384. The van der Waals surface area contributed by atoms with E-state index >= 15 is 0 Å². The van der Waals surface area contributed by atoms with Gasteiger partial charge in [-0.3, -0.25) is 14.9 Å². The van der Waals surface area contributed by atoms with Crippen LogP contribution in [0.1, 0.15) is 12.5 Å². The van der Waals surface area contributed by atoms with Gasteiger partial charge in [0.15, 0.2) is 0 Å². The molecule has 2 atom stereocenters. The van der Waals surface area contributed by atoms with E-state index in [1.54, 1.807) is 12.1 Å². The third kappa shape index (κ3) is 3.29. The maximum atomic E-state index is 12.0. The second kappa shape index (κ2) is 5.79. The van der Waals surface area contributed by atoms with Crippen molar-refractivity contribution in [1.82, 2.24) is 10.6 Å². The Kier molecular flexibility index (Phi) is 4.11. The number of rotatable bonds is 4. The predicted molar refractivity (Wildman–Crippen MR) is 70.5 cm³/mol. The molecule has 2 N–H and O–H groups in total. The molecule has 0 radical (unpaired) electrons. The number of nitrogens with zero attached hydrogens (tertiary/aromatic N) is 1. The Labute approximate surface area is 111 Å². The number of nitro benzene ring substituents is 1. The van der Waals surface area contributed by atoms with Crippen molar-refractivity contribution < 1.29 is 9.72 Å². The summed E-state index contributed by atoms with van der Waals surface area (Å²) >= 11 is 0. The van der Waals surface area contributed by atoms with Crippen LogP contribution in [0.3, 0.4) is 0 Å².